The third-order valence-corrected chi connectivity index (χ3v) is 4.19. The minimum absolute atomic E-state index is 0.704. The standard InChI is InChI=1S/C13H16N2O2/c16-12(17)13(6-3-7-13)11-9-4-1-2-5-10(9)14-8-15-11/h8H,1-7H2,(H,16,17). The summed E-state index contributed by atoms with van der Waals surface area (Å²) in [7, 11) is 0. The van der Waals surface area contributed by atoms with Crippen LogP contribution < -0.4 is 0 Å². The van der Waals surface area contributed by atoms with Gasteiger partial charge in [0.15, 0.2) is 0 Å². The van der Waals surface area contributed by atoms with E-state index in [0.29, 0.717) is 0 Å². The van der Waals surface area contributed by atoms with E-state index in [1.165, 1.54) is 0 Å². The van der Waals surface area contributed by atoms with Crippen LogP contribution in [-0.4, -0.2) is 21.0 Å². The fraction of sp³-hybridized carbons (Fsp3) is 0.615. The molecule has 90 valence electrons. The largest absolute Gasteiger partial charge is 0.481 e. The van der Waals surface area contributed by atoms with E-state index >= 15 is 0 Å². The lowest BCUT2D eigenvalue weighted by molar-refractivity contribution is -0.147. The Bertz CT molecular complexity index is 466. The molecular formula is C13H16N2O2. The van der Waals surface area contributed by atoms with Crippen molar-refractivity contribution >= 4 is 5.97 Å². The average Bonchev–Trinajstić information content (AvgIpc) is 2.27. The molecular weight excluding hydrogens is 216 g/mol. The highest BCUT2D eigenvalue weighted by Crippen LogP contribution is 2.45. The van der Waals surface area contributed by atoms with Gasteiger partial charge in [-0.05, 0) is 44.1 Å². The summed E-state index contributed by atoms with van der Waals surface area (Å²) in [5.41, 5.74) is 2.31. The first-order chi connectivity index (χ1) is 8.24. The van der Waals surface area contributed by atoms with E-state index in [-0.39, 0.29) is 0 Å². The van der Waals surface area contributed by atoms with Crippen molar-refractivity contribution < 1.29 is 9.90 Å². The van der Waals surface area contributed by atoms with Gasteiger partial charge in [-0.15, -0.1) is 0 Å². The molecule has 0 saturated heterocycles. The number of fused-ring (bicyclic) bond motifs is 1. The maximum Gasteiger partial charge on any atom is 0.315 e. The first kappa shape index (κ1) is 10.7. The van der Waals surface area contributed by atoms with E-state index in [4.69, 9.17) is 0 Å². The highest BCUT2D eigenvalue weighted by Gasteiger charge is 2.48. The van der Waals surface area contributed by atoms with Gasteiger partial charge in [-0.2, -0.15) is 0 Å². The van der Waals surface area contributed by atoms with Crippen LogP contribution in [0.1, 0.15) is 49.1 Å². The van der Waals surface area contributed by atoms with Gasteiger partial charge in [-0.3, -0.25) is 4.79 Å². The van der Waals surface area contributed by atoms with Crippen molar-refractivity contribution in [2.75, 3.05) is 0 Å². The smallest absolute Gasteiger partial charge is 0.315 e. The summed E-state index contributed by atoms with van der Waals surface area (Å²) in [6.45, 7) is 0. The molecule has 1 heterocycles. The Morgan fingerprint density at radius 3 is 2.59 bits per heavy atom. The number of rotatable bonds is 2. The van der Waals surface area contributed by atoms with Crippen molar-refractivity contribution in [2.24, 2.45) is 0 Å². The summed E-state index contributed by atoms with van der Waals surface area (Å²) in [6, 6.07) is 0. The second kappa shape index (κ2) is 3.79. The zero-order chi connectivity index (χ0) is 11.9. The van der Waals surface area contributed by atoms with E-state index < -0.39 is 11.4 Å². The topological polar surface area (TPSA) is 63.1 Å². The number of aliphatic carboxylic acids is 1. The second-order valence-electron chi connectivity index (χ2n) is 5.10. The molecule has 3 rings (SSSR count). The average molecular weight is 232 g/mol. The van der Waals surface area contributed by atoms with Crippen LogP contribution in [-0.2, 0) is 23.1 Å². The molecule has 0 aromatic carbocycles. The molecule has 0 radical (unpaired) electrons. The molecule has 2 aliphatic rings. The molecule has 2 aliphatic carbocycles. The Labute approximate surface area is 100 Å². The van der Waals surface area contributed by atoms with E-state index in [0.717, 1.165) is 61.9 Å². The fourth-order valence-corrected chi connectivity index (χ4v) is 3.02. The summed E-state index contributed by atoms with van der Waals surface area (Å²) in [5.74, 6) is -0.713. The van der Waals surface area contributed by atoms with Crippen LogP contribution in [0.4, 0.5) is 0 Å². The quantitative estimate of drug-likeness (QED) is 0.845. The van der Waals surface area contributed by atoms with Gasteiger partial charge < -0.3 is 5.11 Å². The first-order valence-electron chi connectivity index (χ1n) is 6.31. The van der Waals surface area contributed by atoms with Crippen molar-refractivity contribution in [2.45, 2.75) is 50.4 Å². The Morgan fingerprint density at radius 1 is 1.18 bits per heavy atom. The number of carbonyl (C=O) groups is 1. The van der Waals surface area contributed by atoms with Crippen LogP contribution >= 0.6 is 0 Å². The molecule has 4 nitrogen and oxygen atoms in total. The number of hydrogen-bond donors (Lipinski definition) is 1. The molecule has 0 amide bonds. The highest BCUT2D eigenvalue weighted by atomic mass is 16.4. The highest BCUT2D eigenvalue weighted by molar-refractivity contribution is 5.82. The molecule has 0 spiro atoms. The predicted molar refractivity (Wildman–Crippen MR) is 61.8 cm³/mol. The Kier molecular flexibility index (Phi) is 2.38. The number of nitrogens with zero attached hydrogens (tertiary/aromatic N) is 2. The molecule has 4 heteroatoms. The number of carboxylic acids is 1. The third kappa shape index (κ3) is 1.47. The molecule has 1 fully saturated rings. The van der Waals surface area contributed by atoms with Crippen molar-refractivity contribution in [3.8, 4) is 0 Å². The van der Waals surface area contributed by atoms with Crippen LogP contribution in [0.15, 0.2) is 6.33 Å². The van der Waals surface area contributed by atoms with Gasteiger partial charge in [-0.25, -0.2) is 9.97 Å². The molecule has 0 aliphatic heterocycles. The Balaban J connectivity index is 2.11. The van der Waals surface area contributed by atoms with E-state index in [2.05, 4.69) is 9.97 Å². The molecule has 0 atom stereocenters. The van der Waals surface area contributed by atoms with Gasteiger partial charge in [0.1, 0.15) is 11.7 Å². The van der Waals surface area contributed by atoms with Crippen LogP contribution in [0.3, 0.4) is 0 Å². The van der Waals surface area contributed by atoms with Gasteiger partial charge in [-0.1, -0.05) is 6.42 Å². The van der Waals surface area contributed by atoms with Gasteiger partial charge >= 0.3 is 5.97 Å². The van der Waals surface area contributed by atoms with Crippen LogP contribution in [0.2, 0.25) is 0 Å². The molecule has 1 saturated carbocycles. The van der Waals surface area contributed by atoms with E-state index in [1.54, 1.807) is 6.33 Å². The minimum atomic E-state index is -0.713. The van der Waals surface area contributed by atoms with Crippen LogP contribution in [0.5, 0.6) is 0 Å². The summed E-state index contributed by atoms with van der Waals surface area (Å²) >= 11 is 0. The summed E-state index contributed by atoms with van der Waals surface area (Å²) in [5, 5.41) is 9.48. The lowest BCUT2D eigenvalue weighted by atomic mass is 9.64. The van der Waals surface area contributed by atoms with Gasteiger partial charge in [0.2, 0.25) is 0 Å². The first-order valence-corrected chi connectivity index (χ1v) is 6.31. The lowest BCUT2D eigenvalue weighted by Crippen LogP contribution is -2.44. The number of aromatic nitrogens is 2. The van der Waals surface area contributed by atoms with Gasteiger partial charge in [0.05, 0.1) is 5.69 Å². The number of aryl methyl sites for hydroxylation is 1. The third-order valence-electron chi connectivity index (χ3n) is 4.19. The Hall–Kier alpha value is -1.45. The van der Waals surface area contributed by atoms with Crippen LogP contribution in [0, 0.1) is 0 Å². The Morgan fingerprint density at radius 2 is 1.94 bits per heavy atom. The number of carboxylic acid groups (broad SMARTS) is 1. The maximum absolute atomic E-state index is 11.5. The molecule has 1 aromatic heterocycles. The molecule has 0 bridgehead atoms. The van der Waals surface area contributed by atoms with Crippen molar-refractivity contribution in [1.82, 2.24) is 9.97 Å². The molecule has 1 N–H and O–H groups in total. The zero-order valence-corrected chi connectivity index (χ0v) is 9.78. The summed E-state index contributed by atoms with van der Waals surface area (Å²) in [6.07, 6.45) is 8.19. The summed E-state index contributed by atoms with van der Waals surface area (Å²) < 4.78 is 0. The molecule has 0 unspecified atom stereocenters. The zero-order valence-electron chi connectivity index (χ0n) is 9.78. The van der Waals surface area contributed by atoms with Gasteiger partial charge in [0, 0.05) is 5.69 Å². The summed E-state index contributed by atoms with van der Waals surface area (Å²) in [4.78, 5) is 20.2. The maximum atomic E-state index is 11.5. The monoisotopic (exact) mass is 232 g/mol. The van der Waals surface area contributed by atoms with Crippen molar-refractivity contribution in [3.05, 3.63) is 23.3 Å². The van der Waals surface area contributed by atoms with Crippen molar-refractivity contribution in [1.29, 1.82) is 0 Å². The van der Waals surface area contributed by atoms with Gasteiger partial charge in [0.25, 0.3) is 0 Å². The second-order valence-corrected chi connectivity index (χ2v) is 5.10. The van der Waals surface area contributed by atoms with Crippen LogP contribution in [0.25, 0.3) is 0 Å². The molecule has 17 heavy (non-hydrogen) atoms. The fourth-order valence-electron chi connectivity index (χ4n) is 3.02. The van der Waals surface area contributed by atoms with Crippen molar-refractivity contribution in [3.63, 3.8) is 0 Å². The molecule has 1 aromatic rings. The number of hydrogen-bond acceptors (Lipinski definition) is 3. The predicted octanol–water partition coefficient (Wildman–Crippen LogP) is 1.86. The van der Waals surface area contributed by atoms with E-state index in [9.17, 15) is 9.90 Å². The minimum Gasteiger partial charge on any atom is -0.481 e. The SMILES string of the molecule is O=C(O)C1(c2ncnc3c2CCCC3)CCC1. The van der Waals surface area contributed by atoms with E-state index in [1.807, 2.05) is 0 Å². The lowest BCUT2D eigenvalue weighted by Gasteiger charge is -2.38. The normalized spacial score (nSPS) is 21.4.